The number of benzene rings is 2. The van der Waals surface area contributed by atoms with Crippen molar-refractivity contribution in [2.45, 2.75) is 0 Å². The predicted octanol–water partition coefficient (Wildman–Crippen LogP) is 4.41. The van der Waals surface area contributed by atoms with Gasteiger partial charge in [-0.3, -0.25) is 0 Å². The number of halogens is 4. The van der Waals surface area contributed by atoms with Gasteiger partial charge in [0.1, 0.15) is 5.82 Å². The molecule has 0 fully saturated rings. The number of nitrogens with one attached hydrogen (secondary N) is 1. The van der Waals surface area contributed by atoms with Crippen LogP contribution in [0.2, 0.25) is 0 Å². The molecule has 0 radical (unpaired) electrons. The molecular formula is C13H6BrF3N2. The van der Waals surface area contributed by atoms with Gasteiger partial charge in [-0.05, 0) is 34.1 Å². The average molecular weight is 327 g/mol. The number of imidazole rings is 1. The second-order valence-corrected chi connectivity index (χ2v) is 4.74. The zero-order valence-corrected chi connectivity index (χ0v) is 10.9. The van der Waals surface area contributed by atoms with Crippen LogP contribution in [-0.2, 0) is 0 Å². The third-order valence-electron chi connectivity index (χ3n) is 2.75. The van der Waals surface area contributed by atoms with Gasteiger partial charge in [0.2, 0.25) is 0 Å². The van der Waals surface area contributed by atoms with Crippen LogP contribution < -0.4 is 0 Å². The minimum absolute atomic E-state index is 0.123. The second kappa shape index (κ2) is 4.38. The van der Waals surface area contributed by atoms with Crippen LogP contribution in [0, 0.1) is 17.5 Å². The molecular weight excluding hydrogens is 321 g/mol. The Morgan fingerprint density at radius 1 is 1.05 bits per heavy atom. The summed E-state index contributed by atoms with van der Waals surface area (Å²) in [5.74, 6) is -3.13. The predicted molar refractivity (Wildman–Crippen MR) is 69.1 cm³/mol. The van der Waals surface area contributed by atoms with Crippen LogP contribution in [0.5, 0.6) is 0 Å². The molecule has 0 unspecified atom stereocenters. The van der Waals surface area contributed by atoms with Gasteiger partial charge in [-0.2, -0.15) is 0 Å². The highest BCUT2D eigenvalue weighted by Crippen LogP contribution is 2.31. The van der Waals surface area contributed by atoms with Crippen LogP contribution >= 0.6 is 15.9 Å². The number of aromatic amines is 1. The Kier molecular flexibility index (Phi) is 2.82. The lowest BCUT2D eigenvalue weighted by molar-refractivity contribution is 0.489. The van der Waals surface area contributed by atoms with Crippen molar-refractivity contribution in [1.82, 2.24) is 9.97 Å². The van der Waals surface area contributed by atoms with Crippen LogP contribution in [-0.4, -0.2) is 9.97 Å². The summed E-state index contributed by atoms with van der Waals surface area (Å²) < 4.78 is 40.0. The Bertz CT molecular complexity index is 750. The molecule has 1 N–H and O–H groups in total. The van der Waals surface area contributed by atoms with E-state index in [1.165, 1.54) is 0 Å². The Balaban J connectivity index is 2.27. The molecule has 0 bridgehead atoms. The van der Waals surface area contributed by atoms with Crippen LogP contribution in [0.25, 0.3) is 22.4 Å². The monoisotopic (exact) mass is 326 g/mol. The number of para-hydroxylation sites is 2. The van der Waals surface area contributed by atoms with E-state index in [2.05, 4.69) is 25.9 Å². The van der Waals surface area contributed by atoms with E-state index in [1.807, 2.05) is 0 Å². The van der Waals surface area contributed by atoms with Gasteiger partial charge in [-0.15, -0.1) is 0 Å². The summed E-state index contributed by atoms with van der Waals surface area (Å²) in [6, 6.07) is 7.86. The zero-order chi connectivity index (χ0) is 13.6. The molecule has 3 rings (SSSR count). The Labute approximate surface area is 114 Å². The smallest absolute Gasteiger partial charge is 0.175 e. The topological polar surface area (TPSA) is 28.7 Å². The van der Waals surface area contributed by atoms with Crippen molar-refractivity contribution in [1.29, 1.82) is 0 Å². The third-order valence-corrected chi connectivity index (χ3v) is 3.44. The summed E-state index contributed by atoms with van der Waals surface area (Å²) in [6.07, 6.45) is 0. The van der Waals surface area contributed by atoms with Crippen molar-refractivity contribution in [3.63, 3.8) is 0 Å². The summed E-state index contributed by atoms with van der Waals surface area (Å²) in [4.78, 5) is 7.02. The molecule has 0 aliphatic rings. The first-order chi connectivity index (χ1) is 9.08. The maximum absolute atomic E-state index is 13.9. The van der Waals surface area contributed by atoms with E-state index in [0.717, 1.165) is 6.07 Å². The SMILES string of the molecule is Fc1cc(-c2nc3ccccc3[nH]2)c(F)c(Br)c1F. The lowest BCUT2D eigenvalue weighted by atomic mass is 10.2. The summed E-state index contributed by atoms with van der Waals surface area (Å²) in [5.41, 5.74) is 1.19. The first-order valence-electron chi connectivity index (χ1n) is 5.36. The van der Waals surface area contributed by atoms with Gasteiger partial charge in [-0.1, -0.05) is 12.1 Å². The van der Waals surface area contributed by atoms with Crippen LogP contribution in [0.3, 0.4) is 0 Å². The first-order valence-corrected chi connectivity index (χ1v) is 6.15. The molecule has 2 aromatic carbocycles. The van der Waals surface area contributed by atoms with E-state index < -0.39 is 21.9 Å². The van der Waals surface area contributed by atoms with Crippen molar-refractivity contribution in [2.24, 2.45) is 0 Å². The van der Waals surface area contributed by atoms with E-state index >= 15 is 0 Å². The molecule has 96 valence electrons. The normalized spacial score (nSPS) is 11.2. The summed E-state index contributed by atoms with van der Waals surface area (Å²) in [6.45, 7) is 0. The Morgan fingerprint density at radius 3 is 2.53 bits per heavy atom. The third kappa shape index (κ3) is 1.92. The zero-order valence-electron chi connectivity index (χ0n) is 9.35. The maximum Gasteiger partial charge on any atom is 0.175 e. The second-order valence-electron chi connectivity index (χ2n) is 3.95. The minimum Gasteiger partial charge on any atom is -0.338 e. The summed E-state index contributed by atoms with van der Waals surface area (Å²) >= 11 is 2.69. The lowest BCUT2D eigenvalue weighted by Gasteiger charge is -2.04. The van der Waals surface area contributed by atoms with Crippen molar-refractivity contribution < 1.29 is 13.2 Å². The minimum atomic E-state index is -1.25. The molecule has 0 spiro atoms. The fourth-order valence-electron chi connectivity index (χ4n) is 1.83. The van der Waals surface area contributed by atoms with Crippen molar-refractivity contribution in [2.75, 3.05) is 0 Å². The van der Waals surface area contributed by atoms with Gasteiger partial charge in [0, 0.05) is 0 Å². The van der Waals surface area contributed by atoms with Crippen molar-refractivity contribution in [3.05, 3.63) is 52.3 Å². The highest BCUT2D eigenvalue weighted by atomic mass is 79.9. The van der Waals surface area contributed by atoms with Crippen molar-refractivity contribution >= 4 is 27.0 Å². The largest absolute Gasteiger partial charge is 0.338 e. The number of aromatic nitrogens is 2. The molecule has 0 saturated carbocycles. The molecule has 0 aliphatic carbocycles. The fourth-order valence-corrected chi connectivity index (χ4v) is 2.23. The standard InChI is InChI=1S/C13H6BrF3N2/c14-10-11(16)6(5-7(15)12(10)17)13-18-8-3-1-2-4-9(8)19-13/h1-5H,(H,18,19). The van der Waals surface area contributed by atoms with E-state index in [4.69, 9.17) is 0 Å². The number of nitrogens with zero attached hydrogens (tertiary/aromatic N) is 1. The van der Waals surface area contributed by atoms with Crippen LogP contribution in [0.4, 0.5) is 13.2 Å². The highest BCUT2D eigenvalue weighted by molar-refractivity contribution is 9.10. The first kappa shape index (κ1) is 12.2. The number of H-pyrrole nitrogens is 1. The van der Waals surface area contributed by atoms with E-state index in [0.29, 0.717) is 11.0 Å². The number of hydrogen-bond acceptors (Lipinski definition) is 1. The number of fused-ring (bicyclic) bond motifs is 1. The summed E-state index contributed by atoms with van der Waals surface area (Å²) in [5, 5.41) is 0. The molecule has 3 aromatic rings. The molecule has 19 heavy (non-hydrogen) atoms. The molecule has 0 aliphatic heterocycles. The molecule has 1 aromatic heterocycles. The molecule has 1 heterocycles. The molecule has 0 amide bonds. The van der Waals surface area contributed by atoms with E-state index in [1.54, 1.807) is 24.3 Å². The average Bonchev–Trinajstić information content (AvgIpc) is 2.84. The van der Waals surface area contributed by atoms with Crippen molar-refractivity contribution in [3.8, 4) is 11.4 Å². The van der Waals surface area contributed by atoms with E-state index in [-0.39, 0.29) is 11.4 Å². The van der Waals surface area contributed by atoms with Gasteiger partial charge < -0.3 is 4.98 Å². The molecule has 2 nitrogen and oxygen atoms in total. The van der Waals surface area contributed by atoms with Crippen LogP contribution in [0.15, 0.2) is 34.8 Å². The molecule has 0 atom stereocenters. The van der Waals surface area contributed by atoms with Crippen LogP contribution in [0.1, 0.15) is 0 Å². The Hall–Kier alpha value is -1.82. The van der Waals surface area contributed by atoms with Gasteiger partial charge in [-0.25, -0.2) is 18.2 Å². The van der Waals surface area contributed by atoms with E-state index in [9.17, 15) is 13.2 Å². The Morgan fingerprint density at radius 2 is 1.79 bits per heavy atom. The van der Waals surface area contributed by atoms with Gasteiger partial charge >= 0.3 is 0 Å². The van der Waals surface area contributed by atoms with Gasteiger partial charge in [0.05, 0.1) is 21.1 Å². The quantitative estimate of drug-likeness (QED) is 0.520. The van der Waals surface area contributed by atoms with Gasteiger partial charge in [0.25, 0.3) is 0 Å². The molecule has 0 saturated heterocycles. The summed E-state index contributed by atoms with van der Waals surface area (Å²) in [7, 11) is 0. The molecule has 6 heteroatoms. The highest BCUT2D eigenvalue weighted by Gasteiger charge is 2.19. The fraction of sp³-hybridized carbons (Fsp3) is 0. The lowest BCUT2D eigenvalue weighted by Crippen LogP contribution is -1.95. The van der Waals surface area contributed by atoms with Gasteiger partial charge in [0.15, 0.2) is 17.5 Å². The number of hydrogen-bond donors (Lipinski definition) is 1. The maximum atomic E-state index is 13.9. The number of rotatable bonds is 1.